The van der Waals surface area contributed by atoms with Gasteiger partial charge in [0.25, 0.3) is 0 Å². The third-order valence-electron chi connectivity index (χ3n) is 3.00. The Morgan fingerprint density at radius 1 is 1.40 bits per heavy atom. The Labute approximate surface area is 122 Å². The number of amides is 1. The van der Waals surface area contributed by atoms with Crippen LogP contribution in [0.5, 0.6) is 0 Å². The van der Waals surface area contributed by atoms with E-state index in [2.05, 4.69) is 10.3 Å². The van der Waals surface area contributed by atoms with Crippen molar-refractivity contribution in [1.82, 2.24) is 10.3 Å². The summed E-state index contributed by atoms with van der Waals surface area (Å²) >= 11 is 0. The first-order valence-corrected chi connectivity index (χ1v) is 6.23. The Hall–Kier alpha value is -2.30. The molecule has 106 valence electrons. The van der Waals surface area contributed by atoms with Crippen molar-refractivity contribution >= 4 is 22.8 Å². The van der Waals surface area contributed by atoms with Gasteiger partial charge in [-0.2, -0.15) is 0 Å². The fraction of sp³-hybridized carbons (Fsp3) is 0.333. The van der Waals surface area contributed by atoms with Crippen LogP contribution in [-0.4, -0.2) is 28.0 Å². The van der Waals surface area contributed by atoms with Crippen molar-refractivity contribution < 1.29 is 20.2 Å². The molecule has 1 heterocycles. The van der Waals surface area contributed by atoms with Crippen molar-refractivity contribution in [1.29, 1.82) is 0 Å². The number of hydrogen-bond acceptors (Lipinski definition) is 2. The van der Waals surface area contributed by atoms with E-state index in [1.807, 2.05) is 0 Å². The maximum Gasteiger partial charge on any atom is 0.326 e. The Balaban J connectivity index is 2.34. The molecule has 5 nitrogen and oxygen atoms in total. The van der Waals surface area contributed by atoms with E-state index in [0.717, 1.165) is 0 Å². The van der Waals surface area contributed by atoms with Gasteiger partial charge in [0.05, 0.1) is 11.9 Å². The lowest BCUT2D eigenvalue weighted by Gasteiger charge is -2.17. The van der Waals surface area contributed by atoms with Gasteiger partial charge in [0, 0.05) is 17.1 Å². The molecule has 0 saturated heterocycles. The van der Waals surface area contributed by atoms with Gasteiger partial charge in [-0.05, 0) is 17.5 Å². The van der Waals surface area contributed by atoms with Crippen LogP contribution >= 0.6 is 0 Å². The summed E-state index contributed by atoms with van der Waals surface area (Å²) in [6.45, 7) is 3.36. The second-order valence-corrected chi connectivity index (χ2v) is 4.87. The smallest absolute Gasteiger partial charge is 0.326 e. The molecule has 2 aromatic rings. The molecule has 1 aromatic carbocycles. The maximum atomic E-state index is 12.1. The average molecular weight is 278 g/mol. The van der Waals surface area contributed by atoms with Crippen molar-refractivity contribution in [3.05, 3.63) is 35.9 Å². The average Bonchev–Trinajstić information content (AvgIpc) is 2.91. The topological polar surface area (TPSA) is 82.2 Å². The van der Waals surface area contributed by atoms with Crippen LogP contribution in [0.4, 0.5) is 0 Å². The highest BCUT2D eigenvalue weighted by Gasteiger charge is 2.23. The first-order valence-electron chi connectivity index (χ1n) is 8.23. The first kappa shape index (κ1) is 9.58. The van der Waals surface area contributed by atoms with E-state index >= 15 is 0 Å². The molecule has 0 unspecified atom stereocenters. The van der Waals surface area contributed by atoms with Crippen molar-refractivity contribution in [2.45, 2.75) is 26.3 Å². The summed E-state index contributed by atoms with van der Waals surface area (Å²) in [6, 6.07) is -2.18. The van der Waals surface area contributed by atoms with Crippen LogP contribution in [0.1, 0.15) is 24.9 Å². The molecule has 20 heavy (non-hydrogen) atoms. The number of hydrogen-bond donors (Lipinski definition) is 3. The lowest BCUT2D eigenvalue weighted by Crippen LogP contribution is -2.44. The lowest BCUT2D eigenvalue weighted by atomic mass is 10.0. The zero-order chi connectivity index (χ0) is 18.2. The molecule has 0 aliphatic rings. The molecular weight excluding hydrogens is 256 g/mol. The zero-order valence-corrected chi connectivity index (χ0v) is 11.2. The molecule has 0 saturated carbocycles. The quantitative estimate of drug-likeness (QED) is 0.781. The molecule has 2 rings (SSSR count). The van der Waals surface area contributed by atoms with Crippen LogP contribution in [0.15, 0.2) is 30.4 Å². The molecule has 0 aliphatic carbocycles. The largest absolute Gasteiger partial charge is 0.480 e. The number of H-pyrrole nitrogens is 1. The molecule has 0 fully saturated rings. The Morgan fingerprint density at radius 3 is 2.75 bits per heavy atom. The van der Waals surface area contributed by atoms with Gasteiger partial charge in [-0.25, -0.2) is 4.79 Å². The van der Waals surface area contributed by atoms with E-state index < -0.39 is 17.9 Å². The SMILES string of the molecule is [2H]c1c([2H])c([2H])c2c(CC(=O)N[C@H](C(=O)O)C(C)C)c[nH]c2c1[2H]. The van der Waals surface area contributed by atoms with E-state index in [1.165, 1.54) is 6.20 Å². The standard InChI is InChI=1S/C15H18N2O3/c1-9(2)14(15(19)20)17-13(18)7-10-8-16-12-6-4-3-5-11(10)12/h3-6,8-9,14,16H,7H2,1-2H3,(H,17,18)(H,19,20)/t14-/m0/s1/i3D,4D,5D,6D. The van der Waals surface area contributed by atoms with Crippen LogP contribution < -0.4 is 5.32 Å². The summed E-state index contributed by atoms with van der Waals surface area (Å²) in [5.41, 5.74) is 0.616. The molecular formula is C15H18N2O3. The number of carboxylic acids is 1. The molecule has 5 heteroatoms. The first-order chi connectivity index (χ1) is 11.1. The molecule has 0 aliphatic heterocycles. The minimum absolute atomic E-state index is 0.182. The monoisotopic (exact) mass is 278 g/mol. The molecule has 1 aromatic heterocycles. The van der Waals surface area contributed by atoms with Gasteiger partial charge in [0.15, 0.2) is 0 Å². The highest BCUT2D eigenvalue weighted by molar-refractivity contribution is 5.90. The highest BCUT2D eigenvalue weighted by Crippen LogP contribution is 2.18. The number of carboxylic acid groups (broad SMARTS) is 1. The van der Waals surface area contributed by atoms with E-state index in [-0.39, 0.29) is 47.4 Å². The molecule has 1 atom stereocenters. The van der Waals surface area contributed by atoms with E-state index in [0.29, 0.717) is 5.56 Å². The van der Waals surface area contributed by atoms with E-state index in [1.54, 1.807) is 13.8 Å². The molecule has 0 spiro atoms. The third-order valence-corrected chi connectivity index (χ3v) is 3.00. The van der Waals surface area contributed by atoms with Crippen molar-refractivity contribution in [2.24, 2.45) is 5.92 Å². The Kier molecular flexibility index (Phi) is 2.77. The number of rotatable bonds is 5. The second-order valence-electron chi connectivity index (χ2n) is 4.87. The van der Waals surface area contributed by atoms with Crippen molar-refractivity contribution in [2.75, 3.05) is 0 Å². The normalized spacial score (nSPS) is 15.3. The van der Waals surface area contributed by atoms with Gasteiger partial charge < -0.3 is 15.4 Å². The van der Waals surface area contributed by atoms with E-state index in [9.17, 15) is 9.59 Å². The van der Waals surface area contributed by atoms with E-state index in [4.69, 9.17) is 10.6 Å². The van der Waals surface area contributed by atoms with Crippen LogP contribution in [0.2, 0.25) is 0 Å². The Bertz CT molecular complexity index is 817. The molecule has 1 amide bonds. The van der Waals surface area contributed by atoms with Gasteiger partial charge >= 0.3 is 5.97 Å². The summed E-state index contributed by atoms with van der Waals surface area (Å²) in [6.07, 6.45) is 1.27. The van der Waals surface area contributed by atoms with Crippen molar-refractivity contribution in [3.63, 3.8) is 0 Å². The summed E-state index contributed by atoms with van der Waals surface area (Å²) in [5.74, 6) is -1.93. The van der Waals surface area contributed by atoms with Crippen LogP contribution in [-0.2, 0) is 16.0 Å². The number of benzene rings is 1. The number of carbonyl (C=O) groups is 2. The maximum absolute atomic E-state index is 12.1. The van der Waals surface area contributed by atoms with Gasteiger partial charge in [-0.3, -0.25) is 4.79 Å². The fourth-order valence-corrected chi connectivity index (χ4v) is 1.94. The number of aromatic nitrogens is 1. The Morgan fingerprint density at radius 2 is 2.10 bits per heavy atom. The molecule has 3 N–H and O–H groups in total. The van der Waals surface area contributed by atoms with Gasteiger partial charge in [0.2, 0.25) is 5.91 Å². The van der Waals surface area contributed by atoms with Crippen LogP contribution in [0.3, 0.4) is 0 Å². The number of aromatic amines is 1. The summed E-state index contributed by atoms with van der Waals surface area (Å²) in [5, 5.41) is 11.8. The predicted molar refractivity (Wildman–Crippen MR) is 76.4 cm³/mol. The summed E-state index contributed by atoms with van der Waals surface area (Å²) in [4.78, 5) is 26.1. The second kappa shape index (κ2) is 5.77. The van der Waals surface area contributed by atoms with Gasteiger partial charge in [0.1, 0.15) is 6.04 Å². The minimum atomic E-state index is -1.13. The number of fused-ring (bicyclic) bond motifs is 1. The fourth-order valence-electron chi connectivity index (χ4n) is 1.94. The third kappa shape index (κ3) is 2.99. The number of para-hydroxylation sites is 1. The van der Waals surface area contributed by atoms with Gasteiger partial charge in [-0.1, -0.05) is 32.0 Å². The lowest BCUT2D eigenvalue weighted by molar-refractivity contribution is -0.143. The minimum Gasteiger partial charge on any atom is -0.480 e. The highest BCUT2D eigenvalue weighted by atomic mass is 16.4. The predicted octanol–water partition coefficient (Wildman–Crippen LogP) is 1.94. The summed E-state index contributed by atoms with van der Waals surface area (Å²) in [7, 11) is 0. The van der Waals surface area contributed by atoms with Gasteiger partial charge in [-0.15, -0.1) is 0 Å². The number of carbonyl (C=O) groups excluding carboxylic acids is 1. The summed E-state index contributed by atoms with van der Waals surface area (Å²) < 4.78 is 31.2. The number of aliphatic carboxylic acids is 1. The van der Waals surface area contributed by atoms with Crippen molar-refractivity contribution in [3.8, 4) is 0 Å². The zero-order valence-electron chi connectivity index (χ0n) is 15.2. The molecule has 0 bridgehead atoms. The van der Waals surface area contributed by atoms with Crippen LogP contribution in [0, 0.1) is 5.92 Å². The van der Waals surface area contributed by atoms with Crippen LogP contribution in [0.25, 0.3) is 10.9 Å². The molecule has 0 radical (unpaired) electrons. The number of nitrogens with one attached hydrogen (secondary N) is 2.